The molecule has 128 valence electrons. The molecule has 1 saturated heterocycles. The summed E-state index contributed by atoms with van der Waals surface area (Å²) in [5.41, 5.74) is 0.410. The molecule has 1 amide bonds. The second-order valence-electron chi connectivity index (χ2n) is 5.15. The van der Waals surface area contributed by atoms with Gasteiger partial charge in [0, 0.05) is 38.1 Å². The van der Waals surface area contributed by atoms with Crippen molar-refractivity contribution in [2.75, 3.05) is 44.7 Å². The molecular formula is C16H18ClFN4O2. The smallest absolute Gasteiger partial charge is 0.263 e. The number of morpholine rings is 1. The number of rotatable bonds is 6. The van der Waals surface area contributed by atoms with E-state index in [1.807, 2.05) is 6.07 Å². The number of amides is 1. The van der Waals surface area contributed by atoms with Gasteiger partial charge in [-0.3, -0.25) is 9.69 Å². The highest BCUT2D eigenvalue weighted by molar-refractivity contribution is 6.31. The third kappa shape index (κ3) is 5.49. The van der Waals surface area contributed by atoms with Gasteiger partial charge in [-0.25, -0.2) is 4.39 Å². The lowest BCUT2D eigenvalue weighted by Gasteiger charge is -2.26. The first kappa shape index (κ1) is 18.2. The van der Waals surface area contributed by atoms with Gasteiger partial charge in [0.2, 0.25) is 0 Å². The second-order valence-corrected chi connectivity index (χ2v) is 5.56. The van der Waals surface area contributed by atoms with E-state index in [2.05, 4.69) is 15.5 Å². The Morgan fingerprint density at radius 1 is 1.46 bits per heavy atom. The molecule has 8 heteroatoms. The van der Waals surface area contributed by atoms with Gasteiger partial charge >= 0.3 is 0 Å². The standard InChI is InChI=1S/C16H18ClFN4O2/c17-14-9-13(1-2-15(14)18)21-11-12(10-19)16(23)20-3-4-22-5-7-24-8-6-22/h1-2,9,11,21H,3-8H2,(H,20,23)/b12-11-. The number of anilines is 1. The van der Waals surface area contributed by atoms with E-state index >= 15 is 0 Å². The molecule has 0 spiro atoms. The number of carbonyl (C=O) groups excluding carboxylic acids is 1. The first-order valence-electron chi connectivity index (χ1n) is 7.50. The third-order valence-electron chi connectivity index (χ3n) is 3.49. The van der Waals surface area contributed by atoms with Crippen molar-refractivity contribution in [3.05, 3.63) is 40.8 Å². The number of nitriles is 1. The maximum atomic E-state index is 13.1. The van der Waals surface area contributed by atoms with Crippen LogP contribution in [0.25, 0.3) is 0 Å². The van der Waals surface area contributed by atoms with Crippen molar-refractivity contribution in [1.29, 1.82) is 5.26 Å². The summed E-state index contributed by atoms with van der Waals surface area (Å²) in [5.74, 6) is -1.00. The number of halogens is 2. The predicted molar refractivity (Wildman–Crippen MR) is 89.0 cm³/mol. The first-order chi connectivity index (χ1) is 11.6. The molecule has 6 nitrogen and oxygen atoms in total. The topological polar surface area (TPSA) is 77.4 Å². The third-order valence-corrected chi connectivity index (χ3v) is 3.77. The first-order valence-corrected chi connectivity index (χ1v) is 7.88. The zero-order valence-electron chi connectivity index (χ0n) is 13.0. The minimum atomic E-state index is -0.535. The zero-order valence-corrected chi connectivity index (χ0v) is 13.8. The molecule has 0 aromatic heterocycles. The van der Waals surface area contributed by atoms with Crippen LogP contribution in [0.1, 0.15) is 0 Å². The van der Waals surface area contributed by atoms with Crippen molar-refractivity contribution in [1.82, 2.24) is 10.2 Å². The molecule has 0 atom stereocenters. The van der Waals surface area contributed by atoms with E-state index in [1.54, 1.807) is 0 Å². The van der Waals surface area contributed by atoms with Gasteiger partial charge in [-0.15, -0.1) is 0 Å². The number of hydrogen-bond donors (Lipinski definition) is 2. The van der Waals surface area contributed by atoms with Crippen molar-refractivity contribution in [2.24, 2.45) is 0 Å². The Hall–Kier alpha value is -2.14. The molecule has 0 radical (unpaired) electrons. The highest BCUT2D eigenvalue weighted by Crippen LogP contribution is 2.19. The molecule has 0 saturated carbocycles. The average Bonchev–Trinajstić information content (AvgIpc) is 2.59. The van der Waals surface area contributed by atoms with Crippen LogP contribution >= 0.6 is 11.6 Å². The molecule has 1 aliphatic heterocycles. The van der Waals surface area contributed by atoms with Crippen molar-refractivity contribution in [2.45, 2.75) is 0 Å². The van der Waals surface area contributed by atoms with Gasteiger partial charge in [-0.05, 0) is 18.2 Å². The molecule has 0 unspecified atom stereocenters. The fourth-order valence-electron chi connectivity index (χ4n) is 2.14. The molecule has 24 heavy (non-hydrogen) atoms. The number of ether oxygens (including phenoxy) is 1. The Morgan fingerprint density at radius 2 is 2.21 bits per heavy atom. The number of carbonyl (C=O) groups is 1. The highest BCUT2D eigenvalue weighted by Gasteiger charge is 2.12. The Bertz CT molecular complexity index is 654. The summed E-state index contributed by atoms with van der Waals surface area (Å²) >= 11 is 5.67. The van der Waals surface area contributed by atoms with E-state index in [4.69, 9.17) is 21.6 Å². The van der Waals surface area contributed by atoms with Gasteiger partial charge in [-0.2, -0.15) is 5.26 Å². The Balaban J connectivity index is 1.83. The fraction of sp³-hybridized carbons (Fsp3) is 0.375. The van der Waals surface area contributed by atoms with Crippen molar-refractivity contribution in [3.8, 4) is 6.07 Å². The molecular weight excluding hydrogens is 335 g/mol. The average molecular weight is 353 g/mol. The fourth-order valence-corrected chi connectivity index (χ4v) is 2.32. The van der Waals surface area contributed by atoms with Crippen LogP contribution in [-0.4, -0.2) is 50.2 Å². The molecule has 1 fully saturated rings. The number of benzene rings is 1. The molecule has 1 aromatic carbocycles. The lowest BCUT2D eigenvalue weighted by molar-refractivity contribution is -0.117. The summed E-state index contributed by atoms with van der Waals surface area (Å²) in [6, 6.07) is 5.87. The van der Waals surface area contributed by atoms with Gasteiger partial charge in [0.25, 0.3) is 5.91 Å². The van der Waals surface area contributed by atoms with Crippen LogP contribution in [0.4, 0.5) is 10.1 Å². The summed E-state index contributed by atoms with van der Waals surface area (Å²) in [7, 11) is 0. The normalized spacial score (nSPS) is 15.6. The Kier molecular flexibility index (Phi) is 7.00. The van der Waals surface area contributed by atoms with Gasteiger partial charge in [0.15, 0.2) is 0 Å². The molecule has 1 heterocycles. The lowest BCUT2D eigenvalue weighted by atomic mass is 10.2. The maximum Gasteiger partial charge on any atom is 0.263 e. The molecule has 1 aliphatic rings. The van der Waals surface area contributed by atoms with Crippen LogP contribution in [0, 0.1) is 17.1 Å². The zero-order chi connectivity index (χ0) is 17.4. The summed E-state index contributed by atoms with van der Waals surface area (Å²) in [6.07, 6.45) is 1.27. The van der Waals surface area contributed by atoms with Gasteiger partial charge in [0.05, 0.1) is 18.2 Å². The van der Waals surface area contributed by atoms with E-state index in [9.17, 15) is 9.18 Å². The van der Waals surface area contributed by atoms with E-state index in [0.29, 0.717) is 32.0 Å². The van der Waals surface area contributed by atoms with E-state index in [-0.39, 0.29) is 10.6 Å². The molecule has 1 aromatic rings. The maximum absolute atomic E-state index is 13.1. The van der Waals surface area contributed by atoms with E-state index in [1.165, 1.54) is 24.4 Å². The number of nitrogens with one attached hydrogen (secondary N) is 2. The summed E-state index contributed by atoms with van der Waals surface area (Å²) in [4.78, 5) is 14.2. The van der Waals surface area contributed by atoms with Crippen LogP contribution in [0.3, 0.4) is 0 Å². The van der Waals surface area contributed by atoms with E-state index < -0.39 is 11.7 Å². The monoisotopic (exact) mass is 352 g/mol. The van der Waals surface area contributed by atoms with Gasteiger partial charge in [-0.1, -0.05) is 11.6 Å². The van der Waals surface area contributed by atoms with Gasteiger partial charge in [0.1, 0.15) is 17.5 Å². The van der Waals surface area contributed by atoms with Gasteiger partial charge < -0.3 is 15.4 Å². The van der Waals surface area contributed by atoms with Crippen LogP contribution in [0.15, 0.2) is 30.0 Å². The number of hydrogen-bond acceptors (Lipinski definition) is 5. The molecule has 0 bridgehead atoms. The SMILES string of the molecule is N#C/C(=C/Nc1ccc(F)c(Cl)c1)C(=O)NCCN1CCOCC1. The summed E-state index contributed by atoms with van der Waals surface area (Å²) in [6.45, 7) is 4.21. The van der Waals surface area contributed by atoms with Crippen molar-refractivity contribution >= 4 is 23.2 Å². The quantitative estimate of drug-likeness (QED) is 0.602. The predicted octanol–water partition coefficient (Wildman–Crippen LogP) is 1.75. The van der Waals surface area contributed by atoms with Crippen LogP contribution in [0.2, 0.25) is 5.02 Å². The minimum Gasteiger partial charge on any atom is -0.379 e. The highest BCUT2D eigenvalue weighted by atomic mass is 35.5. The molecule has 2 rings (SSSR count). The second kappa shape index (κ2) is 9.23. The minimum absolute atomic E-state index is 0.0399. The van der Waals surface area contributed by atoms with Crippen LogP contribution < -0.4 is 10.6 Å². The van der Waals surface area contributed by atoms with Crippen LogP contribution in [0.5, 0.6) is 0 Å². The summed E-state index contributed by atoms with van der Waals surface area (Å²) in [5, 5.41) is 14.5. The Labute approximate surface area is 144 Å². The number of nitrogens with zero attached hydrogens (tertiary/aromatic N) is 2. The van der Waals surface area contributed by atoms with Crippen LogP contribution in [-0.2, 0) is 9.53 Å². The molecule has 2 N–H and O–H groups in total. The lowest BCUT2D eigenvalue weighted by Crippen LogP contribution is -2.41. The van der Waals surface area contributed by atoms with Crippen molar-refractivity contribution < 1.29 is 13.9 Å². The van der Waals surface area contributed by atoms with Crippen molar-refractivity contribution in [3.63, 3.8) is 0 Å². The largest absolute Gasteiger partial charge is 0.379 e. The molecule has 0 aliphatic carbocycles. The Morgan fingerprint density at radius 3 is 2.88 bits per heavy atom. The summed E-state index contributed by atoms with van der Waals surface area (Å²) < 4.78 is 18.3. The van der Waals surface area contributed by atoms with E-state index in [0.717, 1.165) is 13.1 Å².